The standard InChI is InChI=1S/C17H26N2O/c1-13-9-10-14(20-13)12-19-11-5-7-16(18-2)15-6-3-4-8-17(15)19/h3-4,6,8,13-14,16,18H,5,7,9-12H2,1-2H3. The van der Waals surface area contributed by atoms with E-state index in [1.807, 2.05) is 0 Å². The monoisotopic (exact) mass is 274 g/mol. The first-order chi connectivity index (χ1) is 9.78. The third kappa shape index (κ3) is 2.84. The Bertz CT molecular complexity index is 448. The number of nitrogens with zero attached hydrogens (tertiary/aromatic N) is 1. The van der Waals surface area contributed by atoms with Gasteiger partial charge in [0.05, 0.1) is 12.2 Å². The fourth-order valence-corrected chi connectivity index (χ4v) is 3.59. The molecule has 0 aliphatic carbocycles. The van der Waals surface area contributed by atoms with Crippen LogP contribution in [0.25, 0.3) is 0 Å². The van der Waals surface area contributed by atoms with Crippen molar-refractivity contribution in [1.82, 2.24) is 5.32 Å². The maximum Gasteiger partial charge on any atom is 0.0754 e. The second-order valence-corrected chi connectivity index (χ2v) is 6.13. The summed E-state index contributed by atoms with van der Waals surface area (Å²) in [5.41, 5.74) is 2.84. The molecule has 1 saturated heterocycles. The Kier molecular flexibility index (Phi) is 4.27. The quantitative estimate of drug-likeness (QED) is 0.916. The summed E-state index contributed by atoms with van der Waals surface area (Å²) < 4.78 is 6.02. The van der Waals surface area contributed by atoms with Crippen molar-refractivity contribution < 1.29 is 4.74 Å². The van der Waals surface area contributed by atoms with Crippen molar-refractivity contribution in [3.05, 3.63) is 29.8 Å². The molecule has 0 aromatic heterocycles. The Balaban J connectivity index is 1.80. The maximum atomic E-state index is 6.02. The highest BCUT2D eigenvalue weighted by molar-refractivity contribution is 5.56. The van der Waals surface area contributed by atoms with E-state index in [-0.39, 0.29) is 0 Å². The van der Waals surface area contributed by atoms with Crippen molar-refractivity contribution in [2.45, 2.75) is 50.9 Å². The minimum atomic E-state index is 0.407. The third-order valence-electron chi connectivity index (χ3n) is 4.67. The van der Waals surface area contributed by atoms with Gasteiger partial charge in [0.2, 0.25) is 0 Å². The highest BCUT2D eigenvalue weighted by atomic mass is 16.5. The number of hydrogen-bond acceptors (Lipinski definition) is 3. The van der Waals surface area contributed by atoms with E-state index in [9.17, 15) is 0 Å². The van der Waals surface area contributed by atoms with Crippen LogP contribution in [0.2, 0.25) is 0 Å². The molecule has 0 bridgehead atoms. The van der Waals surface area contributed by atoms with Gasteiger partial charge in [-0.25, -0.2) is 0 Å². The van der Waals surface area contributed by atoms with Gasteiger partial charge in [-0.15, -0.1) is 0 Å². The van der Waals surface area contributed by atoms with E-state index in [2.05, 4.69) is 48.5 Å². The molecular formula is C17H26N2O. The molecule has 0 amide bonds. The molecule has 3 heteroatoms. The summed E-state index contributed by atoms with van der Waals surface area (Å²) >= 11 is 0. The molecule has 1 N–H and O–H groups in total. The zero-order valence-corrected chi connectivity index (χ0v) is 12.6. The number of ether oxygens (including phenoxy) is 1. The number of fused-ring (bicyclic) bond motifs is 1. The zero-order chi connectivity index (χ0) is 13.9. The van der Waals surface area contributed by atoms with Gasteiger partial charge < -0.3 is 15.0 Å². The van der Waals surface area contributed by atoms with Crippen molar-refractivity contribution in [3.63, 3.8) is 0 Å². The van der Waals surface area contributed by atoms with Crippen LogP contribution in [0, 0.1) is 0 Å². The molecule has 2 aliphatic rings. The predicted molar refractivity (Wildman–Crippen MR) is 83.3 cm³/mol. The van der Waals surface area contributed by atoms with Crippen molar-refractivity contribution >= 4 is 5.69 Å². The van der Waals surface area contributed by atoms with Gasteiger partial charge in [0.25, 0.3) is 0 Å². The highest BCUT2D eigenvalue weighted by Gasteiger charge is 2.27. The van der Waals surface area contributed by atoms with Gasteiger partial charge in [-0.05, 0) is 51.3 Å². The molecule has 3 unspecified atom stereocenters. The van der Waals surface area contributed by atoms with Crippen LogP contribution >= 0.6 is 0 Å². The van der Waals surface area contributed by atoms with E-state index in [1.54, 1.807) is 0 Å². The summed E-state index contributed by atoms with van der Waals surface area (Å²) in [4.78, 5) is 2.54. The van der Waals surface area contributed by atoms with E-state index in [1.165, 1.54) is 36.9 Å². The fraction of sp³-hybridized carbons (Fsp3) is 0.647. The largest absolute Gasteiger partial charge is 0.373 e. The smallest absolute Gasteiger partial charge is 0.0754 e. The lowest BCUT2D eigenvalue weighted by Crippen LogP contribution is -2.33. The molecule has 3 atom stereocenters. The van der Waals surface area contributed by atoms with Crippen molar-refractivity contribution in [2.75, 3.05) is 25.0 Å². The fourth-order valence-electron chi connectivity index (χ4n) is 3.59. The first-order valence-corrected chi connectivity index (χ1v) is 7.94. The molecule has 1 aromatic carbocycles. The zero-order valence-electron chi connectivity index (χ0n) is 12.6. The van der Waals surface area contributed by atoms with E-state index in [0.29, 0.717) is 18.2 Å². The summed E-state index contributed by atoms with van der Waals surface area (Å²) in [7, 11) is 2.07. The minimum Gasteiger partial charge on any atom is -0.373 e. The summed E-state index contributed by atoms with van der Waals surface area (Å²) in [6, 6.07) is 9.33. The molecule has 3 nitrogen and oxygen atoms in total. The van der Waals surface area contributed by atoms with E-state index >= 15 is 0 Å². The van der Waals surface area contributed by atoms with Crippen molar-refractivity contribution in [3.8, 4) is 0 Å². The molecule has 1 fully saturated rings. The van der Waals surface area contributed by atoms with Crippen LogP contribution in [-0.2, 0) is 4.74 Å². The Hall–Kier alpha value is -1.06. The molecule has 1 aromatic rings. The van der Waals surface area contributed by atoms with Crippen molar-refractivity contribution in [2.24, 2.45) is 0 Å². The van der Waals surface area contributed by atoms with Crippen LogP contribution in [0.15, 0.2) is 24.3 Å². The van der Waals surface area contributed by atoms with Gasteiger partial charge in [0.1, 0.15) is 0 Å². The molecule has 110 valence electrons. The number of para-hydroxylation sites is 1. The lowest BCUT2D eigenvalue weighted by molar-refractivity contribution is 0.0600. The van der Waals surface area contributed by atoms with Crippen LogP contribution < -0.4 is 10.2 Å². The Morgan fingerprint density at radius 2 is 2.10 bits per heavy atom. The van der Waals surface area contributed by atoms with E-state index in [0.717, 1.165) is 13.1 Å². The first kappa shape index (κ1) is 13.9. The van der Waals surface area contributed by atoms with Crippen LogP contribution in [0.4, 0.5) is 5.69 Å². The second-order valence-electron chi connectivity index (χ2n) is 6.13. The molecule has 2 heterocycles. The predicted octanol–water partition coefficient (Wildman–Crippen LogP) is 3.11. The maximum absolute atomic E-state index is 6.02. The average molecular weight is 274 g/mol. The lowest BCUT2D eigenvalue weighted by atomic mass is 10.0. The number of benzene rings is 1. The summed E-state index contributed by atoms with van der Waals surface area (Å²) in [5.74, 6) is 0. The SMILES string of the molecule is CNC1CCCN(CC2CCC(C)O2)c2ccccc21. The topological polar surface area (TPSA) is 24.5 Å². The second kappa shape index (κ2) is 6.15. The van der Waals surface area contributed by atoms with Crippen LogP contribution in [0.3, 0.4) is 0 Å². The summed E-state index contributed by atoms with van der Waals surface area (Å²) in [6.07, 6.45) is 5.71. The number of anilines is 1. The Morgan fingerprint density at radius 1 is 1.25 bits per heavy atom. The normalized spacial score (nSPS) is 30.1. The van der Waals surface area contributed by atoms with Gasteiger partial charge in [0, 0.05) is 24.8 Å². The van der Waals surface area contributed by atoms with Gasteiger partial charge >= 0.3 is 0 Å². The number of nitrogens with one attached hydrogen (secondary N) is 1. The molecule has 2 aliphatic heterocycles. The number of rotatable bonds is 3. The lowest BCUT2D eigenvalue weighted by Gasteiger charge is -2.28. The van der Waals surface area contributed by atoms with Crippen LogP contribution in [0.1, 0.15) is 44.2 Å². The summed E-state index contributed by atoms with van der Waals surface area (Å²) in [5, 5.41) is 3.46. The van der Waals surface area contributed by atoms with E-state index in [4.69, 9.17) is 4.74 Å². The third-order valence-corrected chi connectivity index (χ3v) is 4.67. The Labute approximate surface area is 122 Å². The van der Waals surface area contributed by atoms with Crippen molar-refractivity contribution in [1.29, 1.82) is 0 Å². The molecule has 20 heavy (non-hydrogen) atoms. The average Bonchev–Trinajstić information content (AvgIpc) is 2.79. The molecule has 0 saturated carbocycles. The molecule has 0 spiro atoms. The van der Waals surface area contributed by atoms with Gasteiger partial charge in [-0.3, -0.25) is 0 Å². The van der Waals surface area contributed by atoms with Gasteiger partial charge in [-0.2, -0.15) is 0 Å². The summed E-state index contributed by atoms with van der Waals surface area (Å²) in [6.45, 7) is 4.37. The Morgan fingerprint density at radius 3 is 2.85 bits per heavy atom. The molecule has 3 rings (SSSR count). The van der Waals surface area contributed by atoms with Gasteiger partial charge in [-0.1, -0.05) is 18.2 Å². The first-order valence-electron chi connectivity index (χ1n) is 7.94. The number of hydrogen-bond donors (Lipinski definition) is 1. The van der Waals surface area contributed by atoms with Gasteiger partial charge in [0.15, 0.2) is 0 Å². The van der Waals surface area contributed by atoms with E-state index < -0.39 is 0 Å². The van der Waals surface area contributed by atoms with Crippen LogP contribution in [-0.4, -0.2) is 32.3 Å². The highest BCUT2D eigenvalue weighted by Crippen LogP contribution is 2.33. The molecule has 0 radical (unpaired) electrons. The minimum absolute atomic E-state index is 0.407. The molecular weight excluding hydrogens is 248 g/mol. The van der Waals surface area contributed by atoms with Crippen LogP contribution in [0.5, 0.6) is 0 Å².